The minimum Gasteiger partial charge on any atom is -0.487 e. The van der Waals surface area contributed by atoms with Gasteiger partial charge in [-0.3, -0.25) is 9.56 Å². The molecular weight excluding hydrogens is 590 g/mol. The Labute approximate surface area is 269 Å². The van der Waals surface area contributed by atoms with Crippen LogP contribution in [0.5, 0.6) is 5.75 Å². The van der Waals surface area contributed by atoms with Crippen LogP contribution in [0.15, 0.2) is 70.6 Å². The summed E-state index contributed by atoms with van der Waals surface area (Å²) in [5.74, 6) is -2.40. The van der Waals surface area contributed by atoms with Gasteiger partial charge in [-0.2, -0.15) is 4.98 Å². The molecule has 0 atom stereocenters. The lowest BCUT2D eigenvalue weighted by Crippen LogP contribution is -2.34. The maximum absolute atomic E-state index is 12.9. The molecule has 0 saturated heterocycles. The molecule has 2 aromatic heterocycles. The van der Waals surface area contributed by atoms with E-state index in [9.17, 15) is 13.6 Å². The van der Waals surface area contributed by atoms with E-state index in [-0.39, 0.29) is 22.5 Å². The predicted octanol–water partition coefficient (Wildman–Crippen LogP) is 4.72. The number of aromatic amines is 1. The third-order valence-electron chi connectivity index (χ3n) is 7.11. The number of guanidine groups is 1. The number of hydrogen-bond donors (Lipinski definition) is 5. The SMILES string of the molecule is CC(C)(C)c1cc2cn(-c3ccc(CNCCCN=C(N)N)cc3)c(=O)nc2[nH]1.CC(C)(C)c1cccc(OCC(F)(F)CN)c1. The molecule has 0 unspecified atom stereocenters. The summed E-state index contributed by atoms with van der Waals surface area (Å²) in [6.45, 7) is 13.3. The molecule has 0 spiro atoms. The predicted molar refractivity (Wildman–Crippen MR) is 182 cm³/mol. The Morgan fingerprint density at radius 2 is 1.72 bits per heavy atom. The summed E-state index contributed by atoms with van der Waals surface area (Å²) < 4.78 is 32.5. The van der Waals surface area contributed by atoms with Crippen molar-refractivity contribution in [2.75, 3.05) is 26.2 Å². The first-order valence-corrected chi connectivity index (χ1v) is 15.3. The van der Waals surface area contributed by atoms with Gasteiger partial charge in [0.15, 0.2) is 12.6 Å². The molecule has 2 aromatic carbocycles. The van der Waals surface area contributed by atoms with Crippen LogP contribution in [0.2, 0.25) is 0 Å². The molecule has 4 aromatic rings. The van der Waals surface area contributed by atoms with Crippen molar-refractivity contribution in [3.8, 4) is 11.4 Å². The van der Waals surface area contributed by atoms with Gasteiger partial charge in [0.1, 0.15) is 11.4 Å². The second kappa shape index (κ2) is 15.3. The molecule has 8 N–H and O–H groups in total. The van der Waals surface area contributed by atoms with Crippen LogP contribution in [0, 0.1) is 0 Å². The van der Waals surface area contributed by atoms with E-state index in [1.54, 1.807) is 22.8 Å². The average Bonchev–Trinajstić information content (AvgIpc) is 3.41. The largest absolute Gasteiger partial charge is 0.487 e. The zero-order valence-electron chi connectivity index (χ0n) is 27.7. The maximum Gasteiger partial charge on any atom is 0.354 e. The first-order valence-electron chi connectivity index (χ1n) is 15.3. The summed E-state index contributed by atoms with van der Waals surface area (Å²) in [5.41, 5.74) is 19.8. The fourth-order valence-electron chi connectivity index (χ4n) is 4.30. The van der Waals surface area contributed by atoms with Crippen molar-refractivity contribution in [1.29, 1.82) is 0 Å². The van der Waals surface area contributed by atoms with E-state index in [1.165, 1.54) is 0 Å². The quantitative estimate of drug-likeness (QED) is 0.0902. The number of rotatable bonds is 11. The molecule has 0 saturated carbocycles. The van der Waals surface area contributed by atoms with Crippen LogP contribution in [0.25, 0.3) is 16.7 Å². The number of aliphatic imine (C=N–C) groups is 1. The van der Waals surface area contributed by atoms with Crippen LogP contribution in [-0.4, -0.2) is 52.7 Å². The number of ether oxygens (including phenoxy) is 1. The van der Waals surface area contributed by atoms with Crippen molar-refractivity contribution in [2.24, 2.45) is 22.2 Å². The van der Waals surface area contributed by atoms with Crippen LogP contribution < -0.4 is 32.9 Å². The van der Waals surface area contributed by atoms with Crippen molar-refractivity contribution >= 4 is 17.0 Å². The molecule has 10 nitrogen and oxygen atoms in total. The Balaban J connectivity index is 0.000000289. The third kappa shape index (κ3) is 11.0. The van der Waals surface area contributed by atoms with Gasteiger partial charge in [-0.25, -0.2) is 13.6 Å². The zero-order valence-corrected chi connectivity index (χ0v) is 27.7. The first kappa shape index (κ1) is 36.2. The molecule has 4 rings (SSSR count). The summed E-state index contributed by atoms with van der Waals surface area (Å²) in [6.07, 6.45) is 2.71. The highest BCUT2D eigenvalue weighted by atomic mass is 19.3. The van der Waals surface area contributed by atoms with Crippen LogP contribution >= 0.6 is 0 Å². The maximum atomic E-state index is 12.9. The molecule has 0 fully saturated rings. The number of hydrogen-bond acceptors (Lipinski definition) is 6. The first-order chi connectivity index (χ1) is 21.5. The molecular formula is C34H48F2N8O2. The topological polar surface area (TPSA) is 162 Å². The highest BCUT2D eigenvalue weighted by molar-refractivity contribution is 5.76. The number of H-pyrrole nitrogens is 1. The molecule has 0 amide bonds. The van der Waals surface area contributed by atoms with Crippen LogP contribution in [0.1, 0.15) is 64.8 Å². The van der Waals surface area contributed by atoms with Gasteiger partial charge in [0.25, 0.3) is 5.92 Å². The Morgan fingerprint density at radius 1 is 1.02 bits per heavy atom. The van der Waals surface area contributed by atoms with Gasteiger partial charge in [-0.05, 0) is 59.8 Å². The molecule has 250 valence electrons. The lowest BCUT2D eigenvalue weighted by atomic mass is 9.87. The van der Waals surface area contributed by atoms with Crippen LogP contribution in [0.4, 0.5) is 8.78 Å². The number of benzene rings is 2. The molecule has 0 aliphatic rings. The Kier molecular flexibility index (Phi) is 12.1. The molecule has 2 heterocycles. The minimum absolute atomic E-state index is 0.0320. The van der Waals surface area contributed by atoms with Gasteiger partial charge in [-0.15, -0.1) is 0 Å². The highest BCUT2D eigenvalue weighted by Gasteiger charge is 2.28. The van der Waals surface area contributed by atoms with Gasteiger partial charge in [-0.1, -0.05) is 65.8 Å². The summed E-state index contributed by atoms with van der Waals surface area (Å²) in [4.78, 5) is 23.9. The van der Waals surface area contributed by atoms with Gasteiger partial charge < -0.3 is 32.2 Å². The van der Waals surface area contributed by atoms with Crippen molar-refractivity contribution in [2.45, 2.75) is 71.3 Å². The monoisotopic (exact) mass is 638 g/mol. The summed E-state index contributed by atoms with van der Waals surface area (Å²) in [5, 5.41) is 4.27. The van der Waals surface area contributed by atoms with E-state index in [2.05, 4.69) is 67.9 Å². The normalized spacial score (nSPS) is 12.0. The van der Waals surface area contributed by atoms with Crippen molar-refractivity contribution in [1.82, 2.24) is 19.9 Å². The lowest BCUT2D eigenvalue weighted by Gasteiger charge is -2.20. The number of nitrogens with one attached hydrogen (secondary N) is 2. The van der Waals surface area contributed by atoms with Crippen LogP contribution in [-0.2, 0) is 17.4 Å². The van der Waals surface area contributed by atoms with Gasteiger partial charge in [0.2, 0.25) is 0 Å². The lowest BCUT2D eigenvalue weighted by molar-refractivity contribution is -0.0319. The fourth-order valence-corrected chi connectivity index (χ4v) is 4.30. The molecule has 12 heteroatoms. The molecule has 0 aliphatic carbocycles. The Hall–Kier alpha value is -4.29. The van der Waals surface area contributed by atoms with E-state index >= 15 is 0 Å². The number of halogens is 2. The molecule has 0 radical (unpaired) electrons. The highest BCUT2D eigenvalue weighted by Crippen LogP contribution is 2.27. The second-order valence-corrected chi connectivity index (χ2v) is 13.3. The number of aromatic nitrogens is 3. The fraction of sp³-hybridized carbons (Fsp3) is 0.441. The van der Waals surface area contributed by atoms with E-state index in [0.29, 0.717) is 17.9 Å². The zero-order chi connectivity index (χ0) is 34.1. The molecule has 0 aliphatic heterocycles. The smallest absolute Gasteiger partial charge is 0.354 e. The summed E-state index contributed by atoms with van der Waals surface area (Å²) in [6, 6.07) is 17.1. The van der Waals surface area contributed by atoms with E-state index < -0.39 is 19.1 Å². The van der Waals surface area contributed by atoms with Gasteiger partial charge >= 0.3 is 5.69 Å². The molecule has 0 bridgehead atoms. The standard InChI is InChI=1S/C21H29N7O.C13H19F2NO/c1-21(2,3)17-11-15-13-28(20(29)27-18(15)26-17)16-7-5-14(6-8-16)12-24-9-4-10-25-19(22)23;1-12(2,3)10-5-4-6-11(7-10)17-9-13(14,15)8-16/h5-8,11,13,24H,4,9-10,12H2,1-3H3,(H4,22,23,25)(H,26,27,29);4-7H,8-9,16H2,1-3H3. The van der Waals surface area contributed by atoms with Gasteiger partial charge in [0, 0.05) is 35.8 Å². The van der Waals surface area contributed by atoms with Gasteiger partial charge in [0.05, 0.1) is 12.2 Å². The number of fused-ring (bicyclic) bond motifs is 1. The Bertz CT molecular complexity index is 1640. The van der Waals surface area contributed by atoms with E-state index in [4.69, 9.17) is 21.9 Å². The number of nitrogens with two attached hydrogens (primary N) is 3. The molecule has 46 heavy (non-hydrogen) atoms. The van der Waals surface area contributed by atoms with E-state index in [1.807, 2.05) is 36.5 Å². The number of alkyl halides is 2. The second-order valence-electron chi connectivity index (χ2n) is 13.3. The van der Waals surface area contributed by atoms with Crippen molar-refractivity contribution < 1.29 is 13.5 Å². The average molecular weight is 639 g/mol. The van der Waals surface area contributed by atoms with Crippen molar-refractivity contribution in [3.05, 3.63) is 88.1 Å². The minimum atomic E-state index is -2.97. The third-order valence-corrected chi connectivity index (χ3v) is 7.11. The summed E-state index contributed by atoms with van der Waals surface area (Å²) >= 11 is 0. The number of nitrogens with zero attached hydrogens (tertiary/aromatic N) is 3. The van der Waals surface area contributed by atoms with Crippen molar-refractivity contribution in [3.63, 3.8) is 0 Å². The van der Waals surface area contributed by atoms with Crippen LogP contribution in [0.3, 0.4) is 0 Å². The van der Waals surface area contributed by atoms with E-state index in [0.717, 1.165) is 47.4 Å². The Morgan fingerprint density at radius 3 is 2.33 bits per heavy atom. The summed E-state index contributed by atoms with van der Waals surface area (Å²) in [7, 11) is 0.